The van der Waals surface area contributed by atoms with E-state index in [2.05, 4.69) is 11.4 Å². The molecular weight excluding hydrogens is 408 g/mol. The van der Waals surface area contributed by atoms with Gasteiger partial charge in [-0.05, 0) is 48.0 Å². The van der Waals surface area contributed by atoms with Crippen molar-refractivity contribution >= 4 is 28.6 Å². The standard InChI is InChI=1S/C22H19ClN2O3S/c1-2-27-20-5-3-4-15-18-11-17(16-10-14(23)6-7-19(16)26)24-25(18)22(28-21(15)20)13-8-9-29-12-13/h3-10,12,18,22,26H,2,11H2,1H3/t18-,22-/m1/s1. The van der Waals surface area contributed by atoms with Crippen LogP contribution in [0, 0.1) is 0 Å². The van der Waals surface area contributed by atoms with Gasteiger partial charge in [-0.25, -0.2) is 5.01 Å². The molecule has 2 atom stereocenters. The number of phenolic OH excluding ortho intramolecular Hbond substituents is 1. The molecule has 0 unspecified atom stereocenters. The zero-order valence-electron chi connectivity index (χ0n) is 15.7. The SMILES string of the molecule is CCOc1cccc2c1O[C@H](c1ccsc1)N1N=C(c3cc(Cl)ccc3O)C[C@H]21. The first-order valence-electron chi connectivity index (χ1n) is 9.45. The van der Waals surface area contributed by atoms with E-state index in [0.29, 0.717) is 23.6 Å². The third-order valence-corrected chi connectivity index (χ3v) is 6.11. The van der Waals surface area contributed by atoms with Crippen LogP contribution in [0.3, 0.4) is 0 Å². The van der Waals surface area contributed by atoms with E-state index < -0.39 is 0 Å². The zero-order valence-corrected chi connectivity index (χ0v) is 17.3. The van der Waals surface area contributed by atoms with Gasteiger partial charge in [0.2, 0.25) is 6.23 Å². The monoisotopic (exact) mass is 426 g/mol. The van der Waals surface area contributed by atoms with Gasteiger partial charge in [-0.2, -0.15) is 16.4 Å². The summed E-state index contributed by atoms with van der Waals surface area (Å²) in [5.74, 6) is 1.67. The first kappa shape index (κ1) is 18.3. The Kier molecular flexibility index (Phi) is 4.60. The number of ether oxygens (including phenoxy) is 2. The number of benzene rings is 2. The van der Waals surface area contributed by atoms with Crippen molar-refractivity contribution < 1.29 is 14.6 Å². The summed E-state index contributed by atoms with van der Waals surface area (Å²) in [6.07, 6.45) is 0.277. The van der Waals surface area contributed by atoms with Gasteiger partial charge in [0.15, 0.2) is 11.5 Å². The van der Waals surface area contributed by atoms with Crippen LogP contribution in [0.5, 0.6) is 17.2 Å². The van der Waals surface area contributed by atoms with Crippen LogP contribution in [0.1, 0.15) is 42.3 Å². The highest BCUT2D eigenvalue weighted by Gasteiger charge is 2.42. The molecule has 1 aromatic heterocycles. The lowest BCUT2D eigenvalue weighted by Gasteiger charge is -2.38. The number of hydrazone groups is 1. The van der Waals surface area contributed by atoms with Gasteiger partial charge in [0.25, 0.3) is 0 Å². The van der Waals surface area contributed by atoms with Crippen molar-refractivity contribution in [2.75, 3.05) is 6.61 Å². The molecule has 5 nitrogen and oxygen atoms in total. The summed E-state index contributed by atoms with van der Waals surface area (Å²) in [7, 11) is 0. The average molecular weight is 427 g/mol. The van der Waals surface area contributed by atoms with Crippen LogP contribution in [0.2, 0.25) is 5.02 Å². The lowest BCUT2D eigenvalue weighted by molar-refractivity contribution is -0.0209. The van der Waals surface area contributed by atoms with Gasteiger partial charge >= 0.3 is 0 Å². The fourth-order valence-corrected chi connectivity index (χ4v) is 4.73. The smallest absolute Gasteiger partial charge is 0.214 e. The molecule has 0 saturated carbocycles. The molecule has 148 valence electrons. The molecule has 2 aromatic carbocycles. The van der Waals surface area contributed by atoms with Crippen molar-refractivity contribution in [2.24, 2.45) is 5.10 Å². The topological polar surface area (TPSA) is 54.3 Å². The van der Waals surface area contributed by atoms with E-state index in [1.165, 1.54) is 0 Å². The normalized spacial score (nSPS) is 19.9. The van der Waals surface area contributed by atoms with Crippen molar-refractivity contribution in [2.45, 2.75) is 25.6 Å². The Bertz CT molecular complexity index is 1080. The van der Waals surface area contributed by atoms with E-state index in [1.54, 1.807) is 29.5 Å². The summed E-state index contributed by atoms with van der Waals surface area (Å²) in [5.41, 5.74) is 3.51. The largest absolute Gasteiger partial charge is 0.507 e. The number of hydrogen-bond acceptors (Lipinski definition) is 6. The first-order valence-corrected chi connectivity index (χ1v) is 10.8. The highest BCUT2D eigenvalue weighted by atomic mass is 35.5. The Labute approximate surface area is 177 Å². The van der Waals surface area contributed by atoms with Crippen molar-refractivity contribution in [1.29, 1.82) is 0 Å². The predicted molar refractivity (Wildman–Crippen MR) is 114 cm³/mol. The minimum atomic E-state index is -0.362. The van der Waals surface area contributed by atoms with Gasteiger partial charge < -0.3 is 14.6 Å². The van der Waals surface area contributed by atoms with Gasteiger partial charge in [-0.3, -0.25) is 0 Å². The van der Waals surface area contributed by atoms with Crippen molar-refractivity contribution in [3.8, 4) is 17.2 Å². The lowest BCUT2D eigenvalue weighted by Crippen LogP contribution is -2.33. The van der Waals surface area contributed by atoms with Crippen LogP contribution in [0.4, 0.5) is 0 Å². The van der Waals surface area contributed by atoms with E-state index in [4.69, 9.17) is 26.2 Å². The molecule has 0 radical (unpaired) electrons. The second kappa shape index (κ2) is 7.28. The summed E-state index contributed by atoms with van der Waals surface area (Å²) < 4.78 is 12.3. The summed E-state index contributed by atoms with van der Waals surface area (Å²) in [5, 5.41) is 21.9. The quantitative estimate of drug-likeness (QED) is 0.577. The number of para-hydroxylation sites is 1. The van der Waals surface area contributed by atoms with Gasteiger partial charge in [0, 0.05) is 28.1 Å². The zero-order chi connectivity index (χ0) is 20.0. The number of thiophene rings is 1. The highest BCUT2D eigenvalue weighted by molar-refractivity contribution is 7.07. The average Bonchev–Trinajstić information content (AvgIpc) is 3.40. The molecule has 1 N–H and O–H groups in total. The molecule has 7 heteroatoms. The Morgan fingerprint density at radius 1 is 1.31 bits per heavy atom. The van der Waals surface area contributed by atoms with Gasteiger partial charge in [0.1, 0.15) is 5.75 Å². The fraction of sp³-hybridized carbons (Fsp3) is 0.227. The number of nitrogens with zero attached hydrogens (tertiary/aromatic N) is 2. The maximum Gasteiger partial charge on any atom is 0.214 e. The molecule has 3 heterocycles. The molecule has 0 amide bonds. The molecule has 2 aliphatic heterocycles. The van der Waals surface area contributed by atoms with Crippen molar-refractivity contribution in [3.05, 3.63) is 74.9 Å². The number of aromatic hydroxyl groups is 1. The highest BCUT2D eigenvalue weighted by Crippen LogP contribution is 2.51. The number of hydrogen-bond donors (Lipinski definition) is 1. The molecule has 0 fully saturated rings. The Hall–Kier alpha value is -2.70. The molecular formula is C22H19ClN2O3S. The molecule has 0 spiro atoms. The predicted octanol–water partition coefficient (Wildman–Crippen LogP) is 5.75. The van der Waals surface area contributed by atoms with E-state index in [1.807, 2.05) is 35.5 Å². The molecule has 29 heavy (non-hydrogen) atoms. The Morgan fingerprint density at radius 2 is 2.21 bits per heavy atom. The van der Waals surface area contributed by atoms with E-state index in [0.717, 1.165) is 28.3 Å². The number of halogens is 1. The van der Waals surface area contributed by atoms with Crippen molar-refractivity contribution in [1.82, 2.24) is 5.01 Å². The van der Waals surface area contributed by atoms with Gasteiger partial charge in [-0.15, -0.1) is 0 Å². The number of fused-ring (bicyclic) bond motifs is 3. The summed E-state index contributed by atoms with van der Waals surface area (Å²) in [6.45, 7) is 2.53. The Balaban J connectivity index is 1.62. The van der Waals surface area contributed by atoms with Gasteiger partial charge in [0.05, 0.1) is 18.4 Å². The molecule has 2 aliphatic rings. The first-order chi connectivity index (χ1) is 14.2. The maximum absolute atomic E-state index is 10.4. The molecule has 0 aliphatic carbocycles. The van der Waals surface area contributed by atoms with Crippen LogP contribution in [-0.4, -0.2) is 22.4 Å². The summed E-state index contributed by atoms with van der Waals surface area (Å²) in [6, 6.07) is 13.0. The summed E-state index contributed by atoms with van der Waals surface area (Å²) >= 11 is 7.80. The van der Waals surface area contributed by atoms with Crippen LogP contribution in [0.15, 0.2) is 58.3 Å². The third-order valence-electron chi connectivity index (χ3n) is 5.18. The molecule has 3 aromatic rings. The number of rotatable bonds is 4. The second-order valence-corrected chi connectivity index (χ2v) is 8.16. The van der Waals surface area contributed by atoms with E-state index >= 15 is 0 Å². The van der Waals surface area contributed by atoms with E-state index in [-0.39, 0.29) is 18.0 Å². The van der Waals surface area contributed by atoms with Gasteiger partial charge in [-0.1, -0.05) is 23.7 Å². The Morgan fingerprint density at radius 3 is 3.00 bits per heavy atom. The van der Waals surface area contributed by atoms with Crippen LogP contribution < -0.4 is 9.47 Å². The number of phenols is 1. The summed E-state index contributed by atoms with van der Waals surface area (Å²) in [4.78, 5) is 0. The minimum Gasteiger partial charge on any atom is -0.507 e. The van der Waals surface area contributed by atoms with Crippen molar-refractivity contribution in [3.63, 3.8) is 0 Å². The second-order valence-electron chi connectivity index (χ2n) is 6.94. The maximum atomic E-state index is 10.4. The molecule has 5 rings (SSSR count). The van der Waals surface area contributed by atoms with Crippen LogP contribution in [-0.2, 0) is 0 Å². The molecule has 0 bridgehead atoms. The molecule has 0 saturated heterocycles. The van der Waals surface area contributed by atoms with Crippen LogP contribution >= 0.6 is 22.9 Å². The fourth-order valence-electron chi connectivity index (χ4n) is 3.89. The van der Waals surface area contributed by atoms with E-state index in [9.17, 15) is 5.11 Å². The lowest BCUT2D eigenvalue weighted by atomic mass is 9.95. The van der Waals surface area contributed by atoms with Crippen LogP contribution in [0.25, 0.3) is 0 Å². The third kappa shape index (κ3) is 3.12. The minimum absolute atomic E-state index is 0.0163.